The zero-order valence-electron chi connectivity index (χ0n) is 29.4. The number of hydrogen-bond donors (Lipinski definition) is 0. The van der Waals surface area contributed by atoms with Gasteiger partial charge in [0.05, 0.1) is 11.0 Å². The highest BCUT2D eigenvalue weighted by Crippen LogP contribution is 2.51. The van der Waals surface area contributed by atoms with Gasteiger partial charge < -0.3 is 4.57 Å². The molecule has 1 unspecified atom stereocenters. The van der Waals surface area contributed by atoms with E-state index in [1.807, 2.05) is 11.3 Å². The number of rotatable bonds is 2. The molecule has 0 spiro atoms. The Bertz CT molecular complexity index is 3200. The van der Waals surface area contributed by atoms with Gasteiger partial charge in [0, 0.05) is 53.2 Å². The molecule has 2 aromatic heterocycles. The van der Waals surface area contributed by atoms with Gasteiger partial charge in [0.25, 0.3) is 0 Å². The number of fused-ring (bicyclic) bond motifs is 13. The summed E-state index contributed by atoms with van der Waals surface area (Å²) in [5, 5.41) is 9.36. The molecule has 0 radical (unpaired) electrons. The normalized spacial score (nSPS) is 17.6. The molecule has 0 bridgehead atoms. The maximum Gasteiger partial charge on any atom is 0.0619 e. The third-order valence-corrected chi connectivity index (χ3v) is 13.9. The Kier molecular flexibility index (Phi) is 5.45. The van der Waals surface area contributed by atoms with E-state index in [0.717, 1.165) is 6.42 Å². The smallest absolute Gasteiger partial charge is 0.0619 e. The number of benzene rings is 7. The van der Waals surface area contributed by atoms with Crippen molar-refractivity contribution < 1.29 is 0 Å². The van der Waals surface area contributed by atoms with Crippen molar-refractivity contribution in [3.05, 3.63) is 160 Å². The summed E-state index contributed by atoms with van der Waals surface area (Å²) in [5.74, 6) is 0. The Labute approximate surface area is 306 Å². The minimum Gasteiger partial charge on any atom is -0.309 e. The van der Waals surface area contributed by atoms with Crippen LogP contribution in [0.25, 0.3) is 93.9 Å². The molecule has 246 valence electrons. The largest absolute Gasteiger partial charge is 0.309 e. The fourth-order valence-corrected chi connectivity index (χ4v) is 11.5. The summed E-state index contributed by atoms with van der Waals surface area (Å²) in [7, 11) is 0. The summed E-state index contributed by atoms with van der Waals surface area (Å²) in [6.07, 6.45) is 6.08. The molecule has 0 aliphatic heterocycles. The number of nitrogens with zero attached hydrogens (tertiary/aromatic N) is 1. The van der Waals surface area contributed by atoms with Crippen LogP contribution in [0.4, 0.5) is 0 Å². The lowest BCUT2D eigenvalue weighted by Gasteiger charge is -2.27. The standard InChI is InChI=1S/C50H35NS/c1-49(2)41-17-7-6-14-34(41)35-22-20-32(27-42(35)49)51-43-23-19-31(26-40(43)36-21-18-29-10-4-5-13-33(29)47(36)51)50(3)25-24-37-44(28-50)52-48-39-16-9-12-30-11-8-15-38(45(30)39)46(37)48/h4-24,26-28H,25H2,1-3H3. The molecule has 9 aromatic rings. The molecule has 1 nitrogen and oxygen atoms in total. The van der Waals surface area contributed by atoms with E-state index < -0.39 is 0 Å². The van der Waals surface area contributed by atoms with Gasteiger partial charge in [0.1, 0.15) is 0 Å². The lowest BCUT2D eigenvalue weighted by molar-refractivity contribution is 0.656. The van der Waals surface area contributed by atoms with Crippen LogP contribution in [-0.4, -0.2) is 4.57 Å². The third-order valence-electron chi connectivity index (χ3n) is 12.7. The van der Waals surface area contributed by atoms with E-state index in [9.17, 15) is 0 Å². The first kappa shape index (κ1) is 28.9. The Balaban J connectivity index is 1.06. The van der Waals surface area contributed by atoms with Crippen molar-refractivity contribution in [2.75, 3.05) is 0 Å². The van der Waals surface area contributed by atoms with Gasteiger partial charge in [-0.3, -0.25) is 0 Å². The average Bonchev–Trinajstić information content (AvgIpc) is 3.87. The van der Waals surface area contributed by atoms with E-state index in [4.69, 9.17) is 0 Å². The van der Waals surface area contributed by atoms with Crippen molar-refractivity contribution >= 4 is 66.8 Å². The average molecular weight is 682 g/mol. The zero-order valence-corrected chi connectivity index (χ0v) is 30.2. The Hall–Kier alpha value is -5.70. The molecule has 7 aromatic carbocycles. The molecule has 2 heteroatoms. The van der Waals surface area contributed by atoms with Crippen LogP contribution < -0.4 is 9.75 Å². The second-order valence-electron chi connectivity index (χ2n) is 15.9. The van der Waals surface area contributed by atoms with E-state index in [2.05, 4.69) is 171 Å². The maximum atomic E-state index is 2.57. The fraction of sp³-hybridized carbons (Fsp3) is 0.120. The van der Waals surface area contributed by atoms with E-state index >= 15 is 0 Å². The fourth-order valence-electron chi connectivity index (χ4n) is 10.1. The first-order chi connectivity index (χ1) is 25.4. The van der Waals surface area contributed by atoms with Crippen LogP contribution in [0.3, 0.4) is 0 Å². The van der Waals surface area contributed by atoms with Crippen LogP contribution >= 0.6 is 11.3 Å². The molecule has 2 heterocycles. The lowest BCUT2D eigenvalue weighted by atomic mass is 9.77. The maximum absolute atomic E-state index is 2.57. The second kappa shape index (κ2) is 9.79. The number of hydrogen-bond acceptors (Lipinski definition) is 1. The third kappa shape index (κ3) is 3.58. The minimum absolute atomic E-state index is 0.0622. The van der Waals surface area contributed by atoms with Gasteiger partial charge in [0.2, 0.25) is 0 Å². The summed E-state index contributed by atoms with van der Waals surface area (Å²) in [6.45, 7) is 7.18. The highest BCUT2D eigenvalue weighted by atomic mass is 32.1. The van der Waals surface area contributed by atoms with Gasteiger partial charge in [0.15, 0.2) is 0 Å². The number of thiophene rings is 1. The van der Waals surface area contributed by atoms with E-state index in [1.165, 1.54) is 108 Å². The molecule has 0 amide bonds. The zero-order chi connectivity index (χ0) is 34.5. The van der Waals surface area contributed by atoms with Crippen LogP contribution in [0.2, 0.25) is 0 Å². The van der Waals surface area contributed by atoms with Crippen LogP contribution in [0.15, 0.2) is 133 Å². The molecular formula is C50H35NS. The van der Waals surface area contributed by atoms with Crippen molar-refractivity contribution in [2.24, 2.45) is 0 Å². The molecule has 12 rings (SSSR count). The SMILES string of the molecule is CC1(c2ccc3c(c2)c2ccc4ccccc4c2n3-c2ccc3c(c2)C(C)(C)c2ccccc2-3)C=c2sc3c(c2=CC1)-c1cccc2cccc-3c12. The van der Waals surface area contributed by atoms with Gasteiger partial charge in [-0.05, 0) is 85.4 Å². The highest BCUT2D eigenvalue weighted by Gasteiger charge is 2.36. The molecule has 0 N–H and O–H groups in total. The van der Waals surface area contributed by atoms with Gasteiger partial charge in [-0.2, -0.15) is 0 Å². The molecule has 52 heavy (non-hydrogen) atoms. The summed E-state index contributed by atoms with van der Waals surface area (Å²) in [4.78, 5) is 1.43. The van der Waals surface area contributed by atoms with E-state index in [0.29, 0.717) is 0 Å². The van der Waals surface area contributed by atoms with E-state index in [-0.39, 0.29) is 10.8 Å². The highest BCUT2D eigenvalue weighted by molar-refractivity contribution is 7.14. The molecule has 3 aliphatic rings. The van der Waals surface area contributed by atoms with Crippen molar-refractivity contribution in [3.63, 3.8) is 0 Å². The van der Waals surface area contributed by atoms with Crippen LogP contribution in [-0.2, 0) is 10.8 Å². The molecule has 0 saturated heterocycles. The monoisotopic (exact) mass is 681 g/mol. The van der Waals surface area contributed by atoms with Crippen molar-refractivity contribution in [1.29, 1.82) is 0 Å². The van der Waals surface area contributed by atoms with Crippen LogP contribution in [0.1, 0.15) is 43.9 Å². The van der Waals surface area contributed by atoms with Gasteiger partial charge in [-0.15, -0.1) is 11.3 Å². The first-order valence-electron chi connectivity index (χ1n) is 18.5. The lowest BCUT2D eigenvalue weighted by Crippen LogP contribution is -2.32. The molecule has 3 aliphatic carbocycles. The van der Waals surface area contributed by atoms with Gasteiger partial charge in [-0.25, -0.2) is 0 Å². The molecule has 1 atom stereocenters. The summed E-state index contributed by atoms with van der Waals surface area (Å²) >= 11 is 1.97. The molecule has 0 fully saturated rings. The van der Waals surface area contributed by atoms with E-state index in [1.54, 1.807) is 0 Å². The van der Waals surface area contributed by atoms with Gasteiger partial charge >= 0.3 is 0 Å². The topological polar surface area (TPSA) is 4.93 Å². The first-order valence-corrected chi connectivity index (χ1v) is 19.3. The predicted molar refractivity (Wildman–Crippen MR) is 222 cm³/mol. The van der Waals surface area contributed by atoms with Crippen LogP contribution in [0.5, 0.6) is 0 Å². The predicted octanol–water partition coefficient (Wildman–Crippen LogP) is 12.0. The quantitative estimate of drug-likeness (QED) is 0.171. The van der Waals surface area contributed by atoms with Crippen LogP contribution in [0, 0.1) is 0 Å². The summed E-state index contributed by atoms with van der Waals surface area (Å²) in [5.41, 5.74) is 14.7. The summed E-state index contributed by atoms with van der Waals surface area (Å²) in [6, 6.07) is 50.5. The number of aromatic nitrogens is 1. The summed E-state index contributed by atoms with van der Waals surface area (Å²) < 4.78 is 3.94. The van der Waals surface area contributed by atoms with Crippen molar-refractivity contribution in [3.8, 4) is 38.4 Å². The second-order valence-corrected chi connectivity index (χ2v) is 17.0. The van der Waals surface area contributed by atoms with Gasteiger partial charge in [-0.1, -0.05) is 142 Å². The van der Waals surface area contributed by atoms with Crippen molar-refractivity contribution in [1.82, 2.24) is 4.57 Å². The Morgan fingerprint density at radius 2 is 1.37 bits per heavy atom. The molecule has 0 saturated carbocycles. The molecular weight excluding hydrogens is 647 g/mol. The Morgan fingerprint density at radius 1 is 0.596 bits per heavy atom. The minimum atomic E-state index is -0.111. The van der Waals surface area contributed by atoms with Crippen molar-refractivity contribution in [2.45, 2.75) is 38.0 Å². The Morgan fingerprint density at radius 3 is 2.27 bits per heavy atom.